The smallest absolute Gasteiger partial charge is 0.184 e. The van der Waals surface area contributed by atoms with Crippen LogP contribution in [-0.4, -0.2) is 12.7 Å². The first kappa shape index (κ1) is 13.1. The molecule has 1 aromatic rings. The molecule has 1 aliphatic carbocycles. The van der Waals surface area contributed by atoms with Crippen molar-refractivity contribution < 1.29 is 9.47 Å². The molecule has 0 spiro atoms. The average Bonchev–Trinajstić information content (AvgIpc) is 2.37. The zero-order valence-electron chi connectivity index (χ0n) is 12.2. The summed E-state index contributed by atoms with van der Waals surface area (Å²) in [6.45, 7) is 7.84. The van der Waals surface area contributed by atoms with Crippen LogP contribution >= 0.6 is 0 Å². The second-order valence-electron chi connectivity index (χ2n) is 7.21. The topological polar surface area (TPSA) is 18.5 Å². The third kappa shape index (κ3) is 2.56. The summed E-state index contributed by atoms with van der Waals surface area (Å²) in [5.41, 5.74) is 1.72. The standard InChI is InChI=1S/C17H24O2/c1-16(2)10-9-14-17(3,11-16)12-18-15(19-14)13-7-5-4-6-8-13/h4-8,14-15H,9-12H2,1-3H3. The van der Waals surface area contributed by atoms with Crippen LogP contribution in [0, 0.1) is 10.8 Å². The van der Waals surface area contributed by atoms with Crippen molar-refractivity contribution in [3.05, 3.63) is 35.9 Å². The molecule has 1 heterocycles. The molecule has 3 unspecified atom stereocenters. The zero-order valence-corrected chi connectivity index (χ0v) is 12.2. The van der Waals surface area contributed by atoms with Gasteiger partial charge in [0.1, 0.15) is 0 Å². The second kappa shape index (κ2) is 4.60. The summed E-state index contributed by atoms with van der Waals surface area (Å²) >= 11 is 0. The van der Waals surface area contributed by atoms with E-state index in [2.05, 4.69) is 32.9 Å². The Hall–Kier alpha value is -0.860. The summed E-state index contributed by atoms with van der Waals surface area (Å²) in [4.78, 5) is 0. The van der Waals surface area contributed by atoms with Gasteiger partial charge < -0.3 is 9.47 Å². The molecule has 3 atom stereocenters. The van der Waals surface area contributed by atoms with Crippen molar-refractivity contribution in [1.29, 1.82) is 0 Å². The Morgan fingerprint density at radius 1 is 1.11 bits per heavy atom. The number of hydrogen-bond donors (Lipinski definition) is 0. The molecule has 0 aromatic heterocycles. The predicted octanol–water partition coefficient (Wildman–Crippen LogP) is 4.32. The largest absolute Gasteiger partial charge is 0.348 e. The van der Waals surface area contributed by atoms with Crippen LogP contribution in [0.2, 0.25) is 0 Å². The third-order valence-electron chi connectivity index (χ3n) is 4.67. The maximum atomic E-state index is 6.25. The highest BCUT2D eigenvalue weighted by atomic mass is 16.7. The number of rotatable bonds is 1. The van der Waals surface area contributed by atoms with Crippen LogP contribution in [0.3, 0.4) is 0 Å². The lowest BCUT2D eigenvalue weighted by Crippen LogP contribution is -2.50. The molecule has 2 aliphatic rings. The Bertz CT molecular complexity index is 440. The maximum absolute atomic E-state index is 6.25. The average molecular weight is 260 g/mol. The number of hydrogen-bond acceptors (Lipinski definition) is 2. The van der Waals surface area contributed by atoms with Crippen LogP contribution in [0.4, 0.5) is 0 Å². The molecule has 3 rings (SSSR count). The van der Waals surface area contributed by atoms with E-state index >= 15 is 0 Å². The van der Waals surface area contributed by atoms with E-state index in [4.69, 9.17) is 9.47 Å². The minimum Gasteiger partial charge on any atom is -0.348 e. The zero-order chi connectivity index (χ0) is 13.5. The van der Waals surface area contributed by atoms with E-state index in [1.807, 2.05) is 18.2 Å². The Balaban J connectivity index is 1.75. The lowest BCUT2D eigenvalue weighted by atomic mass is 9.63. The van der Waals surface area contributed by atoms with Crippen LogP contribution in [0.25, 0.3) is 0 Å². The lowest BCUT2D eigenvalue weighted by molar-refractivity contribution is -0.285. The van der Waals surface area contributed by atoms with Gasteiger partial charge in [-0.1, -0.05) is 51.1 Å². The highest BCUT2D eigenvalue weighted by Crippen LogP contribution is 2.51. The lowest BCUT2D eigenvalue weighted by Gasteiger charge is -2.51. The minimum atomic E-state index is -0.180. The fourth-order valence-corrected chi connectivity index (χ4v) is 3.78. The van der Waals surface area contributed by atoms with Gasteiger partial charge in [-0.25, -0.2) is 0 Å². The van der Waals surface area contributed by atoms with Gasteiger partial charge in [-0.3, -0.25) is 0 Å². The van der Waals surface area contributed by atoms with Gasteiger partial charge in [0.05, 0.1) is 12.7 Å². The van der Waals surface area contributed by atoms with Gasteiger partial charge in [0.25, 0.3) is 0 Å². The highest BCUT2D eigenvalue weighted by molar-refractivity contribution is 5.16. The first-order chi connectivity index (χ1) is 8.99. The van der Waals surface area contributed by atoms with Gasteiger partial charge in [-0.15, -0.1) is 0 Å². The van der Waals surface area contributed by atoms with Crippen molar-refractivity contribution in [2.45, 2.75) is 52.4 Å². The number of benzene rings is 1. The van der Waals surface area contributed by atoms with Crippen LogP contribution in [0.5, 0.6) is 0 Å². The number of fused-ring (bicyclic) bond motifs is 1. The quantitative estimate of drug-likeness (QED) is 0.748. The van der Waals surface area contributed by atoms with Gasteiger partial charge in [0.15, 0.2) is 6.29 Å². The van der Waals surface area contributed by atoms with Crippen molar-refractivity contribution in [2.24, 2.45) is 10.8 Å². The fourth-order valence-electron chi connectivity index (χ4n) is 3.78. The van der Waals surface area contributed by atoms with E-state index < -0.39 is 0 Å². The molecule has 2 fully saturated rings. The molecule has 1 aromatic carbocycles. The molecule has 0 amide bonds. The molecule has 1 aliphatic heterocycles. The van der Waals surface area contributed by atoms with E-state index in [0.29, 0.717) is 11.5 Å². The fraction of sp³-hybridized carbons (Fsp3) is 0.647. The molecular weight excluding hydrogens is 236 g/mol. The summed E-state index contributed by atoms with van der Waals surface area (Å²) in [6.07, 6.45) is 3.73. The SMILES string of the molecule is CC1(C)CCC2OC(c3ccccc3)OCC2(C)C1. The van der Waals surface area contributed by atoms with Crippen molar-refractivity contribution in [2.75, 3.05) is 6.61 Å². The highest BCUT2D eigenvalue weighted by Gasteiger charge is 2.48. The molecule has 2 nitrogen and oxygen atoms in total. The maximum Gasteiger partial charge on any atom is 0.184 e. The van der Waals surface area contributed by atoms with Crippen LogP contribution in [0.15, 0.2) is 30.3 Å². The third-order valence-corrected chi connectivity index (χ3v) is 4.67. The predicted molar refractivity (Wildman–Crippen MR) is 75.7 cm³/mol. The van der Waals surface area contributed by atoms with E-state index in [-0.39, 0.29) is 11.7 Å². The van der Waals surface area contributed by atoms with E-state index in [1.165, 1.54) is 12.8 Å². The molecule has 1 saturated carbocycles. The van der Waals surface area contributed by atoms with E-state index in [1.54, 1.807) is 0 Å². The molecule has 0 N–H and O–H groups in total. The Kier molecular flexibility index (Phi) is 3.18. The van der Waals surface area contributed by atoms with Crippen LogP contribution in [-0.2, 0) is 9.47 Å². The van der Waals surface area contributed by atoms with Gasteiger partial charge in [-0.2, -0.15) is 0 Å². The van der Waals surface area contributed by atoms with Gasteiger partial charge in [0.2, 0.25) is 0 Å². The molecular formula is C17H24O2. The van der Waals surface area contributed by atoms with Crippen LogP contribution < -0.4 is 0 Å². The number of ether oxygens (including phenoxy) is 2. The molecule has 19 heavy (non-hydrogen) atoms. The molecule has 1 saturated heterocycles. The summed E-state index contributed by atoms with van der Waals surface area (Å²) in [7, 11) is 0. The Morgan fingerprint density at radius 2 is 1.84 bits per heavy atom. The van der Waals surface area contributed by atoms with Crippen molar-refractivity contribution in [3.63, 3.8) is 0 Å². The van der Waals surface area contributed by atoms with Gasteiger partial charge in [-0.05, 0) is 24.7 Å². The molecule has 2 heteroatoms. The first-order valence-corrected chi connectivity index (χ1v) is 7.31. The molecule has 0 radical (unpaired) electrons. The normalized spacial score (nSPS) is 37.6. The second-order valence-corrected chi connectivity index (χ2v) is 7.21. The van der Waals surface area contributed by atoms with Crippen molar-refractivity contribution in [1.82, 2.24) is 0 Å². The Labute approximate surface area is 116 Å². The van der Waals surface area contributed by atoms with E-state index in [0.717, 1.165) is 18.6 Å². The van der Waals surface area contributed by atoms with Crippen molar-refractivity contribution in [3.8, 4) is 0 Å². The van der Waals surface area contributed by atoms with E-state index in [9.17, 15) is 0 Å². The summed E-state index contributed by atoms with van der Waals surface area (Å²) in [5.74, 6) is 0. The summed E-state index contributed by atoms with van der Waals surface area (Å²) in [5, 5.41) is 0. The molecule has 0 bridgehead atoms. The Morgan fingerprint density at radius 3 is 2.58 bits per heavy atom. The van der Waals surface area contributed by atoms with Gasteiger partial charge >= 0.3 is 0 Å². The minimum absolute atomic E-state index is 0.174. The molecule has 104 valence electrons. The van der Waals surface area contributed by atoms with Gasteiger partial charge in [0, 0.05) is 11.0 Å². The summed E-state index contributed by atoms with van der Waals surface area (Å²) < 4.78 is 12.3. The monoisotopic (exact) mass is 260 g/mol. The van der Waals surface area contributed by atoms with Crippen molar-refractivity contribution >= 4 is 0 Å². The van der Waals surface area contributed by atoms with Crippen LogP contribution in [0.1, 0.15) is 51.9 Å². The first-order valence-electron chi connectivity index (χ1n) is 7.31. The summed E-state index contributed by atoms with van der Waals surface area (Å²) in [6, 6.07) is 10.3.